The first-order chi connectivity index (χ1) is 13.2. The van der Waals surface area contributed by atoms with Crippen LogP contribution in [0.2, 0.25) is 5.02 Å². The minimum atomic E-state index is -0.143. The van der Waals surface area contributed by atoms with Gasteiger partial charge in [-0.05, 0) is 28.8 Å². The molecule has 1 amide bonds. The molecule has 0 fully saturated rings. The van der Waals surface area contributed by atoms with Crippen LogP contribution in [0, 0.1) is 0 Å². The van der Waals surface area contributed by atoms with Crippen molar-refractivity contribution in [3.8, 4) is 0 Å². The van der Waals surface area contributed by atoms with Crippen LogP contribution in [0.25, 0.3) is 0 Å². The molecule has 0 spiro atoms. The molecule has 0 aliphatic rings. The lowest BCUT2D eigenvalue weighted by molar-refractivity contribution is -0.120. The van der Waals surface area contributed by atoms with Gasteiger partial charge in [-0.25, -0.2) is 5.43 Å². The third kappa shape index (κ3) is 6.39. The van der Waals surface area contributed by atoms with Gasteiger partial charge >= 0.3 is 0 Å². The van der Waals surface area contributed by atoms with Gasteiger partial charge in [0.2, 0.25) is 5.91 Å². The average molecular weight is 377 g/mol. The van der Waals surface area contributed by atoms with E-state index in [2.05, 4.69) is 34.8 Å². The van der Waals surface area contributed by atoms with E-state index < -0.39 is 0 Å². The average Bonchev–Trinajstić information content (AvgIpc) is 2.69. The van der Waals surface area contributed by atoms with Crippen LogP contribution in [-0.4, -0.2) is 11.6 Å². The van der Waals surface area contributed by atoms with Crippen LogP contribution in [0.5, 0.6) is 0 Å². The highest BCUT2D eigenvalue weighted by molar-refractivity contribution is 6.30. The Morgan fingerprint density at radius 2 is 1.19 bits per heavy atom. The Kier molecular flexibility index (Phi) is 6.78. The lowest BCUT2D eigenvalue weighted by atomic mass is 10.0. The van der Waals surface area contributed by atoms with Crippen LogP contribution < -0.4 is 5.43 Å². The number of hydrazone groups is 1. The maximum absolute atomic E-state index is 12.3. The van der Waals surface area contributed by atoms with Gasteiger partial charge in [-0.2, -0.15) is 5.10 Å². The quantitative estimate of drug-likeness (QED) is 0.465. The summed E-state index contributed by atoms with van der Waals surface area (Å²) in [5.41, 5.74) is 6.85. The second-order valence-electron chi connectivity index (χ2n) is 6.34. The summed E-state index contributed by atoms with van der Waals surface area (Å²) < 4.78 is 0. The summed E-state index contributed by atoms with van der Waals surface area (Å²) >= 11 is 5.88. The van der Waals surface area contributed by atoms with E-state index in [0.717, 1.165) is 11.3 Å². The Bertz CT molecular complexity index is 847. The van der Waals surface area contributed by atoms with Crippen molar-refractivity contribution in [2.75, 3.05) is 0 Å². The van der Waals surface area contributed by atoms with Crippen LogP contribution >= 0.6 is 11.6 Å². The van der Waals surface area contributed by atoms with Gasteiger partial charge in [0, 0.05) is 23.6 Å². The summed E-state index contributed by atoms with van der Waals surface area (Å²) in [5.74, 6) is -0.143. The van der Waals surface area contributed by atoms with Gasteiger partial charge in [-0.1, -0.05) is 84.4 Å². The van der Waals surface area contributed by atoms with Crippen molar-refractivity contribution in [1.29, 1.82) is 0 Å². The van der Waals surface area contributed by atoms with E-state index in [1.807, 2.05) is 48.5 Å². The Labute approximate surface area is 164 Å². The Balaban J connectivity index is 1.68. The lowest BCUT2D eigenvalue weighted by Gasteiger charge is -2.08. The summed E-state index contributed by atoms with van der Waals surface area (Å²) in [6.45, 7) is 0. The van der Waals surface area contributed by atoms with Crippen molar-refractivity contribution in [3.63, 3.8) is 0 Å². The molecule has 0 atom stereocenters. The van der Waals surface area contributed by atoms with Crippen molar-refractivity contribution < 1.29 is 4.79 Å². The molecular formula is C23H21ClN2O. The molecule has 0 radical (unpaired) electrons. The number of benzene rings is 3. The number of hydrogen-bond donors (Lipinski definition) is 1. The largest absolute Gasteiger partial charge is 0.273 e. The number of halogens is 1. The Morgan fingerprint density at radius 3 is 1.70 bits per heavy atom. The first-order valence-electron chi connectivity index (χ1n) is 8.85. The molecule has 0 aliphatic carbocycles. The minimum absolute atomic E-state index is 0.143. The standard InChI is InChI=1S/C23H21ClN2O/c24-21-13-11-20(12-14-21)17-23(27)26-25-22(15-18-7-3-1-4-8-18)16-19-9-5-2-6-10-19/h1-14H,15-17H2,(H,26,27). The van der Waals surface area contributed by atoms with Crippen LogP contribution in [0.15, 0.2) is 90.0 Å². The lowest BCUT2D eigenvalue weighted by Crippen LogP contribution is -2.23. The number of rotatable bonds is 7. The van der Waals surface area contributed by atoms with E-state index in [1.54, 1.807) is 12.1 Å². The van der Waals surface area contributed by atoms with Gasteiger partial charge in [0.15, 0.2) is 0 Å². The van der Waals surface area contributed by atoms with Crippen LogP contribution in [0.1, 0.15) is 16.7 Å². The number of hydrogen-bond acceptors (Lipinski definition) is 2. The maximum Gasteiger partial charge on any atom is 0.244 e. The molecule has 0 unspecified atom stereocenters. The molecule has 3 rings (SSSR count). The van der Waals surface area contributed by atoms with E-state index in [-0.39, 0.29) is 12.3 Å². The third-order valence-corrected chi connectivity index (χ3v) is 4.37. The molecule has 3 aromatic rings. The van der Waals surface area contributed by atoms with Crippen LogP contribution in [-0.2, 0) is 24.1 Å². The van der Waals surface area contributed by atoms with Crippen LogP contribution in [0.3, 0.4) is 0 Å². The van der Waals surface area contributed by atoms with E-state index in [4.69, 9.17) is 11.6 Å². The topological polar surface area (TPSA) is 41.5 Å². The summed E-state index contributed by atoms with van der Waals surface area (Å²) in [5, 5.41) is 5.08. The highest BCUT2D eigenvalue weighted by Gasteiger charge is 2.07. The first kappa shape index (κ1) is 18.9. The van der Waals surface area contributed by atoms with Gasteiger partial charge in [-0.15, -0.1) is 0 Å². The van der Waals surface area contributed by atoms with Crippen molar-refractivity contribution in [2.45, 2.75) is 19.3 Å². The van der Waals surface area contributed by atoms with Crippen molar-refractivity contribution in [2.24, 2.45) is 5.10 Å². The van der Waals surface area contributed by atoms with E-state index >= 15 is 0 Å². The molecular weight excluding hydrogens is 356 g/mol. The highest BCUT2D eigenvalue weighted by atomic mass is 35.5. The van der Waals surface area contributed by atoms with Gasteiger partial charge in [0.1, 0.15) is 0 Å². The SMILES string of the molecule is O=C(Cc1ccc(Cl)cc1)NN=C(Cc1ccccc1)Cc1ccccc1. The van der Waals surface area contributed by atoms with Crippen molar-refractivity contribution >= 4 is 23.2 Å². The second kappa shape index (κ2) is 9.70. The molecule has 3 aromatic carbocycles. The zero-order valence-corrected chi connectivity index (χ0v) is 15.7. The maximum atomic E-state index is 12.3. The van der Waals surface area contributed by atoms with Gasteiger partial charge < -0.3 is 0 Å². The molecule has 4 heteroatoms. The number of carbonyl (C=O) groups is 1. The molecule has 0 heterocycles. The van der Waals surface area contributed by atoms with E-state index in [0.29, 0.717) is 17.9 Å². The molecule has 1 N–H and O–H groups in total. The molecule has 136 valence electrons. The van der Waals surface area contributed by atoms with Crippen molar-refractivity contribution in [1.82, 2.24) is 5.43 Å². The number of amides is 1. The number of carbonyl (C=O) groups excluding carboxylic acids is 1. The fraction of sp³-hybridized carbons (Fsp3) is 0.130. The molecule has 0 saturated carbocycles. The second-order valence-corrected chi connectivity index (χ2v) is 6.78. The van der Waals surface area contributed by atoms with E-state index in [9.17, 15) is 4.79 Å². The summed E-state index contributed by atoms with van der Waals surface area (Å²) in [7, 11) is 0. The molecule has 3 nitrogen and oxygen atoms in total. The summed E-state index contributed by atoms with van der Waals surface area (Å²) in [6.07, 6.45) is 1.65. The van der Waals surface area contributed by atoms with E-state index in [1.165, 1.54) is 11.1 Å². The predicted molar refractivity (Wildman–Crippen MR) is 111 cm³/mol. The Hall–Kier alpha value is -2.91. The fourth-order valence-electron chi connectivity index (χ4n) is 2.77. The zero-order chi connectivity index (χ0) is 18.9. The predicted octanol–water partition coefficient (Wildman–Crippen LogP) is 4.84. The molecule has 27 heavy (non-hydrogen) atoms. The monoisotopic (exact) mass is 376 g/mol. The highest BCUT2D eigenvalue weighted by Crippen LogP contribution is 2.10. The number of nitrogens with one attached hydrogen (secondary N) is 1. The molecule has 0 aromatic heterocycles. The number of nitrogens with zero attached hydrogens (tertiary/aromatic N) is 1. The summed E-state index contributed by atoms with van der Waals surface area (Å²) in [4.78, 5) is 12.3. The van der Waals surface area contributed by atoms with Gasteiger partial charge in [0.25, 0.3) is 0 Å². The fourth-order valence-corrected chi connectivity index (χ4v) is 2.90. The smallest absolute Gasteiger partial charge is 0.244 e. The van der Waals surface area contributed by atoms with Gasteiger partial charge in [-0.3, -0.25) is 4.79 Å². The normalized spacial score (nSPS) is 10.3. The van der Waals surface area contributed by atoms with Gasteiger partial charge in [0.05, 0.1) is 6.42 Å². The molecule has 0 bridgehead atoms. The summed E-state index contributed by atoms with van der Waals surface area (Å²) in [6, 6.07) is 27.5. The molecule has 0 saturated heterocycles. The third-order valence-electron chi connectivity index (χ3n) is 4.12. The van der Waals surface area contributed by atoms with Crippen molar-refractivity contribution in [3.05, 3.63) is 107 Å². The van der Waals surface area contributed by atoms with Crippen LogP contribution in [0.4, 0.5) is 0 Å². The molecule has 0 aliphatic heterocycles. The minimum Gasteiger partial charge on any atom is -0.273 e. The zero-order valence-electron chi connectivity index (χ0n) is 14.9. The Morgan fingerprint density at radius 1 is 0.704 bits per heavy atom. The first-order valence-corrected chi connectivity index (χ1v) is 9.23.